The predicted octanol–water partition coefficient (Wildman–Crippen LogP) is 3.51. The molecular weight excluding hydrogens is 360 g/mol. The van der Waals surface area contributed by atoms with E-state index in [0.29, 0.717) is 18.1 Å². The van der Waals surface area contributed by atoms with E-state index in [1.165, 1.54) is 13.1 Å². The van der Waals surface area contributed by atoms with Crippen molar-refractivity contribution in [2.24, 2.45) is 5.10 Å². The second-order valence-electron chi connectivity index (χ2n) is 4.73. The Morgan fingerprint density at radius 2 is 2.00 bits per heavy atom. The number of amides is 1. The normalized spacial score (nSPS) is 10.6. The van der Waals surface area contributed by atoms with Crippen molar-refractivity contribution >= 4 is 28.1 Å². The molecule has 0 spiro atoms. The van der Waals surface area contributed by atoms with Crippen molar-refractivity contribution in [2.45, 2.75) is 13.5 Å². The molecule has 0 fully saturated rings. The Morgan fingerprint density at radius 3 is 2.65 bits per heavy atom. The molecule has 0 saturated heterocycles. The molecule has 0 aliphatic heterocycles. The lowest BCUT2D eigenvalue weighted by atomic mass is 10.2. The molecule has 0 bridgehead atoms. The lowest BCUT2D eigenvalue weighted by Gasteiger charge is -2.12. The molecule has 6 heteroatoms. The summed E-state index contributed by atoms with van der Waals surface area (Å²) >= 11 is 3.46. The summed E-state index contributed by atoms with van der Waals surface area (Å²) in [5.74, 6) is 0.987. The third-order valence-electron chi connectivity index (χ3n) is 2.95. The molecule has 0 aromatic heterocycles. The molecule has 23 heavy (non-hydrogen) atoms. The van der Waals surface area contributed by atoms with Crippen LogP contribution in [0.15, 0.2) is 52.0 Å². The summed E-state index contributed by atoms with van der Waals surface area (Å²) in [6.45, 7) is 1.84. The monoisotopic (exact) mass is 376 g/mol. The van der Waals surface area contributed by atoms with Crippen LogP contribution in [0.3, 0.4) is 0 Å². The first-order chi connectivity index (χ1) is 11.1. The van der Waals surface area contributed by atoms with E-state index in [-0.39, 0.29) is 5.91 Å². The minimum absolute atomic E-state index is 0.229. The van der Waals surface area contributed by atoms with Crippen LogP contribution in [0.4, 0.5) is 0 Å². The summed E-state index contributed by atoms with van der Waals surface area (Å²) in [6.07, 6.45) is 1.54. The predicted molar refractivity (Wildman–Crippen MR) is 92.9 cm³/mol. The zero-order valence-corrected chi connectivity index (χ0v) is 14.5. The lowest BCUT2D eigenvalue weighted by Crippen LogP contribution is -2.12. The smallest absolute Gasteiger partial charge is 0.236 e. The third kappa shape index (κ3) is 5.10. The van der Waals surface area contributed by atoms with E-state index in [2.05, 4.69) is 26.5 Å². The molecule has 0 radical (unpaired) electrons. The highest BCUT2D eigenvalue weighted by Crippen LogP contribution is 2.33. The topological polar surface area (TPSA) is 59.9 Å². The number of nitrogens with zero attached hydrogens (tertiary/aromatic N) is 1. The van der Waals surface area contributed by atoms with E-state index in [9.17, 15) is 4.79 Å². The fourth-order valence-electron chi connectivity index (χ4n) is 1.85. The molecular formula is C17H17BrN2O3. The average molecular weight is 377 g/mol. The zero-order valence-electron chi connectivity index (χ0n) is 12.9. The van der Waals surface area contributed by atoms with Gasteiger partial charge in [-0.15, -0.1) is 0 Å². The highest BCUT2D eigenvalue weighted by atomic mass is 79.9. The number of hydrazone groups is 1. The number of benzene rings is 2. The second kappa shape index (κ2) is 8.33. The van der Waals surface area contributed by atoms with Crippen molar-refractivity contribution < 1.29 is 14.3 Å². The summed E-state index contributed by atoms with van der Waals surface area (Å²) < 4.78 is 12.0. The van der Waals surface area contributed by atoms with Gasteiger partial charge in [0.1, 0.15) is 6.61 Å². The Bertz CT molecular complexity index is 702. The number of halogens is 1. The second-order valence-corrected chi connectivity index (χ2v) is 5.58. The Kier molecular flexibility index (Phi) is 6.17. The van der Waals surface area contributed by atoms with Crippen molar-refractivity contribution in [3.05, 3.63) is 58.1 Å². The molecule has 0 saturated carbocycles. The highest BCUT2D eigenvalue weighted by molar-refractivity contribution is 9.10. The van der Waals surface area contributed by atoms with Crippen LogP contribution in [-0.4, -0.2) is 19.2 Å². The van der Waals surface area contributed by atoms with Gasteiger partial charge in [0.05, 0.1) is 13.3 Å². The van der Waals surface area contributed by atoms with Crippen LogP contribution in [0.25, 0.3) is 0 Å². The fraction of sp³-hybridized carbons (Fsp3) is 0.176. The molecule has 2 aromatic rings. The average Bonchev–Trinajstić information content (AvgIpc) is 2.55. The van der Waals surface area contributed by atoms with Crippen molar-refractivity contribution in [3.8, 4) is 11.5 Å². The molecule has 1 N–H and O–H groups in total. The number of nitrogens with one attached hydrogen (secondary N) is 1. The minimum atomic E-state index is -0.229. The van der Waals surface area contributed by atoms with Crippen LogP contribution in [0.5, 0.6) is 11.5 Å². The summed E-state index contributed by atoms with van der Waals surface area (Å²) in [4.78, 5) is 10.8. The molecule has 5 nitrogen and oxygen atoms in total. The largest absolute Gasteiger partial charge is 0.493 e. The minimum Gasteiger partial charge on any atom is -0.493 e. The molecule has 0 unspecified atom stereocenters. The Morgan fingerprint density at radius 1 is 1.26 bits per heavy atom. The number of carbonyl (C=O) groups excluding carboxylic acids is 1. The van der Waals surface area contributed by atoms with Gasteiger partial charge in [0.2, 0.25) is 5.91 Å². The molecule has 0 aliphatic carbocycles. The van der Waals surface area contributed by atoms with Gasteiger partial charge in [0, 0.05) is 17.0 Å². The van der Waals surface area contributed by atoms with Gasteiger partial charge in [-0.05, 0) is 33.6 Å². The van der Waals surface area contributed by atoms with E-state index >= 15 is 0 Å². The van der Waals surface area contributed by atoms with E-state index in [4.69, 9.17) is 9.47 Å². The number of rotatable bonds is 6. The quantitative estimate of drug-likeness (QED) is 0.619. The maximum Gasteiger partial charge on any atom is 0.236 e. The summed E-state index contributed by atoms with van der Waals surface area (Å²) in [7, 11) is 1.58. The van der Waals surface area contributed by atoms with Gasteiger partial charge in [-0.2, -0.15) is 5.10 Å². The van der Waals surface area contributed by atoms with E-state index < -0.39 is 0 Å². The van der Waals surface area contributed by atoms with Gasteiger partial charge in [-0.1, -0.05) is 30.3 Å². The van der Waals surface area contributed by atoms with E-state index in [1.54, 1.807) is 13.2 Å². The van der Waals surface area contributed by atoms with Gasteiger partial charge in [-0.3, -0.25) is 4.79 Å². The zero-order chi connectivity index (χ0) is 16.7. The molecule has 1 amide bonds. The number of ether oxygens (including phenoxy) is 2. The Labute approximate surface area is 143 Å². The fourth-order valence-corrected chi connectivity index (χ4v) is 2.27. The summed E-state index contributed by atoms with van der Waals surface area (Å²) in [5.41, 5.74) is 4.20. The highest BCUT2D eigenvalue weighted by Gasteiger charge is 2.09. The first-order valence-corrected chi connectivity index (χ1v) is 7.73. The van der Waals surface area contributed by atoms with Gasteiger partial charge in [-0.25, -0.2) is 5.43 Å². The van der Waals surface area contributed by atoms with Crippen molar-refractivity contribution in [1.82, 2.24) is 5.43 Å². The van der Waals surface area contributed by atoms with Crippen LogP contribution < -0.4 is 14.9 Å². The van der Waals surface area contributed by atoms with Crippen LogP contribution >= 0.6 is 15.9 Å². The third-order valence-corrected chi connectivity index (χ3v) is 3.63. The van der Waals surface area contributed by atoms with E-state index in [1.807, 2.05) is 36.4 Å². The molecule has 0 heterocycles. The number of carbonyl (C=O) groups is 1. The maximum atomic E-state index is 10.8. The van der Waals surface area contributed by atoms with Gasteiger partial charge in [0.25, 0.3) is 0 Å². The van der Waals surface area contributed by atoms with Crippen LogP contribution in [-0.2, 0) is 11.4 Å². The van der Waals surface area contributed by atoms with E-state index in [0.717, 1.165) is 15.6 Å². The SMILES string of the molecule is COc1cc(/C=N/NC(C)=O)c(Br)cc1OCc1ccccc1. The van der Waals surface area contributed by atoms with Gasteiger partial charge < -0.3 is 9.47 Å². The molecule has 0 aliphatic rings. The summed E-state index contributed by atoms with van der Waals surface area (Å²) in [6, 6.07) is 13.5. The van der Waals surface area contributed by atoms with Gasteiger partial charge in [0.15, 0.2) is 11.5 Å². The first kappa shape index (κ1) is 17.0. The van der Waals surface area contributed by atoms with Crippen LogP contribution in [0.1, 0.15) is 18.1 Å². The summed E-state index contributed by atoms with van der Waals surface area (Å²) in [5, 5.41) is 3.85. The van der Waals surface area contributed by atoms with Crippen LogP contribution in [0, 0.1) is 0 Å². The number of methoxy groups -OCH3 is 1. The number of hydrogen-bond acceptors (Lipinski definition) is 4. The molecule has 2 aromatic carbocycles. The van der Waals surface area contributed by atoms with Crippen molar-refractivity contribution in [3.63, 3.8) is 0 Å². The Hall–Kier alpha value is -2.34. The maximum absolute atomic E-state index is 10.8. The Balaban J connectivity index is 2.15. The van der Waals surface area contributed by atoms with Crippen molar-refractivity contribution in [2.75, 3.05) is 7.11 Å². The van der Waals surface area contributed by atoms with Crippen LogP contribution in [0.2, 0.25) is 0 Å². The molecule has 0 atom stereocenters. The first-order valence-electron chi connectivity index (χ1n) is 6.94. The lowest BCUT2D eigenvalue weighted by molar-refractivity contribution is -0.118. The molecule has 120 valence electrons. The molecule has 2 rings (SSSR count). The van der Waals surface area contributed by atoms with Crippen molar-refractivity contribution in [1.29, 1.82) is 0 Å². The number of hydrogen-bond donors (Lipinski definition) is 1. The standard InChI is InChI=1S/C17H17BrN2O3/c1-12(21)20-19-10-14-8-16(22-2)17(9-15(14)18)23-11-13-6-4-3-5-7-13/h3-10H,11H2,1-2H3,(H,20,21)/b19-10+. The van der Waals surface area contributed by atoms with Gasteiger partial charge >= 0.3 is 0 Å².